The van der Waals surface area contributed by atoms with Gasteiger partial charge in [0.05, 0.1) is 0 Å². The van der Waals surface area contributed by atoms with E-state index >= 15 is 0 Å². The van der Waals surface area contributed by atoms with Crippen LogP contribution in [0.1, 0.15) is 4.88 Å². The van der Waals surface area contributed by atoms with Crippen molar-refractivity contribution in [2.75, 3.05) is 0 Å². The Balaban J connectivity index is 1.83. The highest BCUT2D eigenvalue weighted by Gasteiger charge is 2.02. The maximum Gasteiger partial charge on any atom is 0.154 e. The first-order valence-corrected chi connectivity index (χ1v) is 7.68. The molecule has 3 aromatic rings. The van der Waals surface area contributed by atoms with Gasteiger partial charge in [-0.3, -0.25) is 4.99 Å². The minimum absolute atomic E-state index is 0.425. The van der Waals surface area contributed by atoms with Crippen LogP contribution in [0.5, 0.6) is 0 Å². The maximum atomic E-state index is 5.96. The average molecular weight is 305 g/mol. The minimum Gasteiger partial charge on any atom is -0.252 e. The SMILES string of the molecule is Clc1ncccc1N=Cc1ccc(-c2cccs2)s1. The van der Waals surface area contributed by atoms with Crippen LogP contribution in [0, 0.1) is 0 Å². The predicted molar refractivity (Wildman–Crippen MR) is 84.1 cm³/mol. The standard InChI is InChI=1S/C14H9ClN2S2/c15-14-11(3-1-7-16-14)17-9-10-5-6-13(19-10)12-4-2-8-18-12/h1-9H. The Kier molecular flexibility index (Phi) is 3.73. The summed E-state index contributed by atoms with van der Waals surface area (Å²) in [5.41, 5.74) is 0.690. The lowest BCUT2D eigenvalue weighted by molar-refractivity contribution is 1.31. The molecule has 3 rings (SSSR count). The number of aromatic nitrogens is 1. The zero-order valence-electron chi connectivity index (χ0n) is 9.79. The lowest BCUT2D eigenvalue weighted by atomic mass is 10.4. The van der Waals surface area contributed by atoms with Crippen LogP contribution in [-0.2, 0) is 0 Å². The van der Waals surface area contributed by atoms with Crippen molar-refractivity contribution in [3.05, 3.63) is 58.0 Å². The number of pyridine rings is 1. The van der Waals surface area contributed by atoms with E-state index in [0.717, 1.165) is 4.88 Å². The molecule has 0 bridgehead atoms. The van der Waals surface area contributed by atoms with Crippen LogP contribution in [0.3, 0.4) is 0 Å². The topological polar surface area (TPSA) is 25.2 Å². The molecule has 3 aromatic heterocycles. The van der Waals surface area contributed by atoms with E-state index in [1.54, 1.807) is 28.9 Å². The highest BCUT2D eigenvalue weighted by molar-refractivity contribution is 7.22. The van der Waals surface area contributed by atoms with Crippen molar-refractivity contribution in [2.24, 2.45) is 4.99 Å². The Morgan fingerprint density at radius 3 is 2.84 bits per heavy atom. The van der Waals surface area contributed by atoms with Gasteiger partial charge in [-0.1, -0.05) is 17.7 Å². The van der Waals surface area contributed by atoms with Gasteiger partial charge in [-0.15, -0.1) is 22.7 Å². The molecule has 0 aliphatic heterocycles. The van der Waals surface area contributed by atoms with Crippen molar-refractivity contribution >= 4 is 46.2 Å². The highest BCUT2D eigenvalue weighted by Crippen LogP contribution is 2.31. The van der Waals surface area contributed by atoms with E-state index in [-0.39, 0.29) is 0 Å². The molecule has 0 saturated heterocycles. The maximum absolute atomic E-state index is 5.96. The van der Waals surface area contributed by atoms with Gasteiger partial charge in [0.25, 0.3) is 0 Å². The van der Waals surface area contributed by atoms with Gasteiger partial charge in [-0.05, 0) is 35.7 Å². The summed E-state index contributed by atoms with van der Waals surface area (Å²) in [7, 11) is 0. The van der Waals surface area contributed by atoms with Gasteiger partial charge in [0, 0.05) is 27.0 Å². The molecule has 0 fully saturated rings. The van der Waals surface area contributed by atoms with Crippen LogP contribution in [0.2, 0.25) is 5.15 Å². The average Bonchev–Trinajstić information content (AvgIpc) is 3.09. The Hall–Kier alpha value is -1.49. The van der Waals surface area contributed by atoms with Crippen molar-refractivity contribution in [2.45, 2.75) is 0 Å². The number of aliphatic imine (C=N–C) groups is 1. The Bertz CT molecular complexity index is 702. The molecule has 0 aliphatic carbocycles. The Labute approximate surface area is 124 Å². The second-order valence-corrected chi connectivity index (χ2v) is 6.17. The van der Waals surface area contributed by atoms with E-state index in [2.05, 4.69) is 39.6 Å². The van der Waals surface area contributed by atoms with Crippen molar-refractivity contribution in [1.29, 1.82) is 0 Å². The van der Waals surface area contributed by atoms with E-state index in [4.69, 9.17) is 11.6 Å². The summed E-state index contributed by atoms with van der Waals surface area (Å²) in [5, 5.41) is 2.51. The molecule has 94 valence electrons. The van der Waals surface area contributed by atoms with Crippen LogP contribution >= 0.6 is 34.3 Å². The molecule has 0 radical (unpaired) electrons. The van der Waals surface area contributed by atoms with E-state index in [0.29, 0.717) is 10.8 Å². The van der Waals surface area contributed by atoms with E-state index in [1.165, 1.54) is 9.75 Å². The van der Waals surface area contributed by atoms with Crippen LogP contribution in [-0.4, -0.2) is 11.2 Å². The predicted octanol–water partition coefficient (Wildman–Crippen LogP) is 5.28. The van der Waals surface area contributed by atoms with Gasteiger partial charge in [0.1, 0.15) is 5.69 Å². The third-order valence-electron chi connectivity index (χ3n) is 2.46. The molecule has 0 atom stereocenters. The largest absolute Gasteiger partial charge is 0.252 e. The molecule has 3 heterocycles. The summed E-state index contributed by atoms with van der Waals surface area (Å²) in [6.45, 7) is 0. The van der Waals surface area contributed by atoms with Gasteiger partial charge in [-0.25, -0.2) is 4.98 Å². The zero-order valence-corrected chi connectivity index (χ0v) is 12.2. The smallest absolute Gasteiger partial charge is 0.154 e. The fraction of sp³-hybridized carbons (Fsp3) is 0. The molecule has 0 aliphatic rings. The fourth-order valence-electron chi connectivity index (χ4n) is 1.58. The quantitative estimate of drug-likeness (QED) is 0.477. The molecule has 0 spiro atoms. The number of rotatable bonds is 3. The van der Waals surface area contributed by atoms with Crippen molar-refractivity contribution in [1.82, 2.24) is 4.98 Å². The lowest BCUT2D eigenvalue weighted by Crippen LogP contribution is -1.76. The molecule has 0 saturated carbocycles. The van der Waals surface area contributed by atoms with Crippen LogP contribution < -0.4 is 0 Å². The summed E-state index contributed by atoms with van der Waals surface area (Å²) < 4.78 is 0. The van der Waals surface area contributed by atoms with Gasteiger partial charge in [-0.2, -0.15) is 0 Å². The second-order valence-electron chi connectivity index (χ2n) is 3.75. The van der Waals surface area contributed by atoms with Crippen LogP contribution in [0.4, 0.5) is 5.69 Å². The molecule has 19 heavy (non-hydrogen) atoms. The molecule has 2 nitrogen and oxygen atoms in total. The minimum atomic E-state index is 0.425. The highest BCUT2D eigenvalue weighted by atomic mass is 35.5. The Morgan fingerprint density at radius 2 is 2.05 bits per heavy atom. The second kappa shape index (κ2) is 5.65. The van der Waals surface area contributed by atoms with E-state index in [9.17, 15) is 0 Å². The van der Waals surface area contributed by atoms with E-state index < -0.39 is 0 Å². The van der Waals surface area contributed by atoms with Gasteiger partial charge in [0.15, 0.2) is 5.15 Å². The summed E-state index contributed by atoms with van der Waals surface area (Å²) >= 11 is 9.41. The number of nitrogens with zero attached hydrogens (tertiary/aromatic N) is 2. The van der Waals surface area contributed by atoms with Crippen molar-refractivity contribution in [3.63, 3.8) is 0 Å². The number of hydrogen-bond acceptors (Lipinski definition) is 4. The number of hydrogen-bond donors (Lipinski definition) is 0. The Morgan fingerprint density at radius 1 is 1.11 bits per heavy atom. The number of thiophene rings is 2. The van der Waals surface area contributed by atoms with Crippen molar-refractivity contribution < 1.29 is 0 Å². The van der Waals surface area contributed by atoms with Gasteiger partial charge >= 0.3 is 0 Å². The molecule has 0 unspecified atom stereocenters. The van der Waals surface area contributed by atoms with Crippen LogP contribution in [0.25, 0.3) is 9.75 Å². The first kappa shape index (κ1) is 12.5. The number of halogens is 1. The summed E-state index contributed by atoms with van der Waals surface area (Å²) in [6, 6.07) is 12.0. The molecular formula is C14H9ClN2S2. The summed E-state index contributed by atoms with van der Waals surface area (Å²) in [5.74, 6) is 0. The monoisotopic (exact) mass is 304 g/mol. The molecule has 0 N–H and O–H groups in total. The van der Waals surface area contributed by atoms with Crippen molar-refractivity contribution in [3.8, 4) is 9.75 Å². The third-order valence-corrected chi connectivity index (χ3v) is 4.84. The molecule has 0 aromatic carbocycles. The summed E-state index contributed by atoms with van der Waals surface area (Å²) in [4.78, 5) is 12.0. The first-order chi connectivity index (χ1) is 9.33. The fourth-order valence-corrected chi connectivity index (χ4v) is 3.46. The third kappa shape index (κ3) is 2.92. The van der Waals surface area contributed by atoms with Crippen LogP contribution in [0.15, 0.2) is 53.0 Å². The molecular weight excluding hydrogens is 296 g/mol. The molecule has 0 amide bonds. The lowest BCUT2D eigenvalue weighted by Gasteiger charge is -1.94. The summed E-state index contributed by atoms with van der Waals surface area (Å²) in [6.07, 6.45) is 3.48. The van der Waals surface area contributed by atoms with Gasteiger partial charge in [0.2, 0.25) is 0 Å². The molecule has 5 heteroatoms. The first-order valence-electron chi connectivity index (χ1n) is 5.61. The van der Waals surface area contributed by atoms with Gasteiger partial charge < -0.3 is 0 Å². The normalized spacial score (nSPS) is 11.2. The zero-order chi connectivity index (χ0) is 13.1. The van der Waals surface area contributed by atoms with E-state index in [1.807, 2.05) is 18.3 Å².